The first-order valence-electron chi connectivity index (χ1n) is 30.4. The van der Waals surface area contributed by atoms with E-state index < -0.39 is 211 Å². The summed E-state index contributed by atoms with van der Waals surface area (Å²) in [6.45, 7) is 0. The molecule has 0 aliphatic carbocycles. The van der Waals surface area contributed by atoms with E-state index in [1.165, 1.54) is 0 Å². The Labute approximate surface area is 385 Å². The van der Waals surface area contributed by atoms with Crippen molar-refractivity contribution in [3.05, 3.63) is 218 Å². The lowest BCUT2D eigenvalue weighted by atomic mass is 9.85. The second-order valence-corrected chi connectivity index (χ2v) is 13.9. The molecule has 0 atom stereocenters. The van der Waals surface area contributed by atoms with Gasteiger partial charge in [0.25, 0.3) is 0 Å². The van der Waals surface area contributed by atoms with Crippen LogP contribution >= 0.6 is 0 Å². The first-order chi connectivity index (χ1) is 39.8. The minimum absolute atomic E-state index is 0.0529. The van der Waals surface area contributed by atoms with Crippen LogP contribution in [-0.4, -0.2) is 9.97 Å². The third-order valence-electron chi connectivity index (χ3n) is 10.6. The number of hydrogen-bond acceptors (Lipinski definition) is 3. The zero-order chi connectivity index (χ0) is 60.3. The van der Waals surface area contributed by atoms with E-state index in [1.54, 1.807) is 54.7 Å². The van der Waals surface area contributed by atoms with Crippen LogP contribution in [-0.2, 0) is 0 Å². The molecular formula is C58H36N2O. The van der Waals surface area contributed by atoms with E-state index in [2.05, 4.69) is 4.98 Å². The molecule has 3 heterocycles. The lowest BCUT2D eigenvalue weighted by Crippen LogP contribution is -1.91. The second kappa shape index (κ2) is 14.3. The van der Waals surface area contributed by atoms with Gasteiger partial charge in [0, 0.05) is 44.8 Å². The molecule has 0 aliphatic rings. The summed E-state index contributed by atoms with van der Waals surface area (Å²) in [5, 5.41) is -0.319. The zero-order valence-corrected chi connectivity index (χ0v) is 31.3. The molecule has 0 spiro atoms. The van der Waals surface area contributed by atoms with E-state index in [0.29, 0.717) is 33.1 Å². The molecule has 12 aromatic rings. The highest BCUT2D eigenvalue weighted by atomic mass is 16.3. The fourth-order valence-corrected chi connectivity index (χ4v) is 8.10. The molecule has 0 saturated heterocycles. The number of benzene rings is 9. The maximum atomic E-state index is 9.78. The van der Waals surface area contributed by atoms with E-state index in [1.807, 2.05) is 24.3 Å². The standard InChI is InChI=1S/C58H36N2O/c1-4-17-37(18-5-1)51-45-26-12-14-28-47(45)54(48-29-15-13-27-46(48)51)58-53(39-21-8-3-9-22-39)52(38-19-6-2-7-20-38)57(61-58)49-34-33-44(42-24-10-11-25-43(42)49)50-35-32-41-31-30-40-23-16-36-59-55(40)56(41)60-50/h1-36H/i1D,2D,3D,4D,5D,6D,7D,8D,9D,12D,13D,14D,15D,17D,18D,19D,20D,21D,22D,26D,27D,28D,29D. The molecule has 0 aliphatic heterocycles. The van der Waals surface area contributed by atoms with Crippen LogP contribution < -0.4 is 0 Å². The van der Waals surface area contributed by atoms with Crippen molar-refractivity contribution in [1.82, 2.24) is 9.97 Å². The minimum Gasteiger partial charge on any atom is -0.455 e. The van der Waals surface area contributed by atoms with Gasteiger partial charge in [-0.05, 0) is 72.8 Å². The number of furan rings is 1. The van der Waals surface area contributed by atoms with Crippen LogP contribution in [0.15, 0.2) is 222 Å². The fraction of sp³-hybridized carbons (Fsp3) is 0. The third-order valence-corrected chi connectivity index (χ3v) is 10.6. The van der Waals surface area contributed by atoms with Gasteiger partial charge in [-0.3, -0.25) is 4.98 Å². The average molecular weight is 800 g/mol. The van der Waals surface area contributed by atoms with Crippen molar-refractivity contribution >= 4 is 54.1 Å². The Balaban J connectivity index is 1.37. The van der Waals surface area contributed by atoms with Crippen molar-refractivity contribution in [1.29, 1.82) is 0 Å². The van der Waals surface area contributed by atoms with E-state index >= 15 is 0 Å². The van der Waals surface area contributed by atoms with Crippen molar-refractivity contribution in [2.75, 3.05) is 0 Å². The van der Waals surface area contributed by atoms with Gasteiger partial charge in [-0.25, -0.2) is 4.98 Å². The topological polar surface area (TPSA) is 38.9 Å². The van der Waals surface area contributed by atoms with E-state index in [0.717, 1.165) is 10.8 Å². The van der Waals surface area contributed by atoms with Crippen molar-refractivity contribution in [2.45, 2.75) is 0 Å². The second-order valence-electron chi connectivity index (χ2n) is 13.9. The average Bonchev–Trinajstić information content (AvgIpc) is 1.21. The Morgan fingerprint density at radius 3 is 1.44 bits per heavy atom. The van der Waals surface area contributed by atoms with Gasteiger partial charge < -0.3 is 4.42 Å². The van der Waals surface area contributed by atoms with Gasteiger partial charge in [0.1, 0.15) is 11.5 Å². The van der Waals surface area contributed by atoms with Crippen molar-refractivity contribution in [3.63, 3.8) is 0 Å². The summed E-state index contributed by atoms with van der Waals surface area (Å²) in [6.07, 6.45) is 1.65. The summed E-state index contributed by atoms with van der Waals surface area (Å²) in [7, 11) is 0. The molecule has 284 valence electrons. The Morgan fingerprint density at radius 2 is 0.836 bits per heavy atom. The van der Waals surface area contributed by atoms with Crippen molar-refractivity contribution in [3.8, 4) is 67.3 Å². The van der Waals surface area contributed by atoms with Crippen LogP contribution in [0.2, 0.25) is 0 Å². The maximum absolute atomic E-state index is 9.78. The minimum atomic E-state index is -0.962. The number of nitrogens with zero attached hydrogens (tertiary/aromatic N) is 2. The molecule has 9 aromatic carbocycles. The van der Waals surface area contributed by atoms with Gasteiger partial charge in [0.2, 0.25) is 0 Å². The predicted octanol–water partition coefficient (Wildman–Crippen LogP) is 15.8. The molecule has 3 nitrogen and oxygen atoms in total. The van der Waals surface area contributed by atoms with Crippen LogP contribution in [0.5, 0.6) is 0 Å². The summed E-state index contributed by atoms with van der Waals surface area (Å²) >= 11 is 0. The highest BCUT2D eigenvalue weighted by Crippen LogP contribution is 2.53. The van der Waals surface area contributed by atoms with Gasteiger partial charge in [-0.2, -0.15) is 0 Å². The van der Waals surface area contributed by atoms with Crippen LogP contribution in [0.25, 0.3) is 121 Å². The summed E-state index contributed by atoms with van der Waals surface area (Å²) in [5.41, 5.74) is -2.43. The summed E-state index contributed by atoms with van der Waals surface area (Å²) in [6, 6.07) is -0.0847. The quantitative estimate of drug-likeness (QED) is 0.124. The van der Waals surface area contributed by atoms with Crippen molar-refractivity contribution < 1.29 is 35.9 Å². The molecule has 0 bridgehead atoms. The molecule has 61 heavy (non-hydrogen) atoms. The Bertz CT molecular complexity index is 4850. The van der Waals surface area contributed by atoms with Crippen LogP contribution in [0.4, 0.5) is 0 Å². The van der Waals surface area contributed by atoms with Gasteiger partial charge in [0.05, 0.1) is 48.3 Å². The smallest absolute Gasteiger partial charge is 0.144 e. The van der Waals surface area contributed by atoms with Gasteiger partial charge in [-0.15, -0.1) is 0 Å². The van der Waals surface area contributed by atoms with Gasteiger partial charge in [0.15, 0.2) is 0 Å². The molecule has 3 aromatic heterocycles. The Morgan fingerprint density at radius 1 is 0.361 bits per heavy atom. The van der Waals surface area contributed by atoms with E-state index in [4.69, 9.17) is 27.2 Å². The number of aromatic nitrogens is 2. The van der Waals surface area contributed by atoms with Gasteiger partial charge in [-0.1, -0.05) is 194 Å². The van der Waals surface area contributed by atoms with E-state index in [-0.39, 0.29) is 5.56 Å². The van der Waals surface area contributed by atoms with Crippen LogP contribution in [0.1, 0.15) is 31.5 Å². The highest BCUT2D eigenvalue weighted by Gasteiger charge is 2.29. The largest absolute Gasteiger partial charge is 0.455 e. The molecule has 0 N–H and O–H groups in total. The monoisotopic (exact) mass is 799 g/mol. The fourth-order valence-electron chi connectivity index (χ4n) is 8.10. The van der Waals surface area contributed by atoms with Gasteiger partial charge >= 0.3 is 0 Å². The van der Waals surface area contributed by atoms with Crippen LogP contribution in [0, 0.1) is 0 Å². The number of hydrogen-bond donors (Lipinski definition) is 0. The van der Waals surface area contributed by atoms with Crippen LogP contribution in [0.3, 0.4) is 0 Å². The molecule has 0 fully saturated rings. The first kappa shape index (κ1) is 18.8. The van der Waals surface area contributed by atoms with Crippen molar-refractivity contribution in [2.24, 2.45) is 0 Å². The molecule has 0 radical (unpaired) electrons. The SMILES string of the molecule is [2H]c1c([2H])c([2H])c(-c2c(-c3ccc(-c4ccc5ccc6cccnc6c5n4)c4ccccc34)oc(-c3c4c([2H])c([2H])c([2H])c([2H])c4c(-c4c([2H])c([2H])c([2H])c([2H])c4[2H])c4c([2H])c([2H])c([2H])c([2H])c34)c2-c2c([2H])c([2H])c([2H])c([2H])c2[2H])c([2H])c1[2H]. The lowest BCUT2D eigenvalue weighted by molar-refractivity contribution is 0.600. The molecule has 0 amide bonds. The molecule has 0 unspecified atom stereocenters. The predicted molar refractivity (Wildman–Crippen MR) is 254 cm³/mol. The number of fused-ring (bicyclic) bond motifs is 6. The maximum Gasteiger partial charge on any atom is 0.144 e. The number of rotatable bonds is 6. The molecular weight excluding hydrogens is 741 g/mol. The summed E-state index contributed by atoms with van der Waals surface area (Å²) in [4.78, 5) is 9.69. The third kappa shape index (κ3) is 5.66. The highest BCUT2D eigenvalue weighted by molar-refractivity contribution is 6.23. The summed E-state index contributed by atoms with van der Waals surface area (Å²) < 4.78 is 218. The molecule has 12 rings (SSSR count). The molecule has 3 heteroatoms. The Kier molecular flexibility index (Phi) is 4.42. The Hall–Kier alpha value is -8.14. The lowest BCUT2D eigenvalue weighted by Gasteiger charge is -2.17. The van der Waals surface area contributed by atoms with E-state index in [9.17, 15) is 13.7 Å². The number of pyridine rings is 2. The summed E-state index contributed by atoms with van der Waals surface area (Å²) in [5.74, 6) is -1.21. The first-order valence-corrected chi connectivity index (χ1v) is 18.9. The molecule has 0 saturated carbocycles. The zero-order valence-electron chi connectivity index (χ0n) is 54.3. The normalized spacial score (nSPS) is 16.9.